The van der Waals surface area contributed by atoms with Crippen molar-refractivity contribution in [3.8, 4) is 22.3 Å². The third-order valence-electron chi connectivity index (χ3n) is 7.09. The average Bonchev–Trinajstić information content (AvgIpc) is 2.82. The lowest BCUT2D eigenvalue weighted by Crippen LogP contribution is -2.33. The first kappa shape index (κ1) is 23.3. The lowest BCUT2D eigenvalue weighted by molar-refractivity contribution is 0.0526. The van der Waals surface area contributed by atoms with Crippen molar-refractivity contribution in [3.63, 3.8) is 0 Å². The molecular weight excluding hydrogens is 408 g/mol. The van der Waals surface area contributed by atoms with Crippen molar-refractivity contribution in [1.82, 2.24) is 0 Å². The Morgan fingerprint density at radius 3 is 1.97 bits per heavy atom. The number of rotatable bonds is 5. The van der Waals surface area contributed by atoms with Gasteiger partial charge in [0.2, 0.25) is 0 Å². The number of hydrogen-bond donors (Lipinski definition) is 1. The van der Waals surface area contributed by atoms with E-state index in [1.54, 1.807) is 19.1 Å². The van der Waals surface area contributed by atoms with Crippen molar-refractivity contribution in [2.24, 2.45) is 0 Å². The Morgan fingerprint density at radius 1 is 0.788 bits per heavy atom. The molecule has 0 aliphatic heterocycles. The Labute approximate surface area is 197 Å². The average molecular weight is 443 g/mol. The number of esters is 1. The van der Waals surface area contributed by atoms with Crippen LogP contribution in [0.25, 0.3) is 22.3 Å². The van der Waals surface area contributed by atoms with Crippen LogP contribution >= 0.6 is 0 Å². The maximum atomic E-state index is 12.0. The van der Waals surface area contributed by atoms with Crippen LogP contribution in [-0.4, -0.2) is 17.7 Å². The number of ether oxygens (including phenoxy) is 1. The third-order valence-corrected chi connectivity index (χ3v) is 7.09. The maximum absolute atomic E-state index is 12.0. The van der Waals surface area contributed by atoms with Gasteiger partial charge in [0, 0.05) is 0 Å². The summed E-state index contributed by atoms with van der Waals surface area (Å²) in [6.45, 7) is 11.5. The maximum Gasteiger partial charge on any atom is 0.338 e. The Morgan fingerprint density at radius 2 is 1.36 bits per heavy atom. The minimum atomic E-state index is -0.312. The Balaban J connectivity index is 1.76. The molecule has 0 saturated heterocycles. The normalized spacial score (nSPS) is 16.2. The second-order valence-corrected chi connectivity index (χ2v) is 10.4. The number of carbonyl (C=O) groups is 1. The van der Waals surface area contributed by atoms with E-state index < -0.39 is 0 Å². The van der Waals surface area contributed by atoms with Crippen molar-refractivity contribution >= 4 is 5.97 Å². The van der Waals surface area contributed by atoms with Gasteiger partial charge in [-0.2, -0.15) is 0 Å². The number of aliphatic hydroxyl groups is 1. The standard InChI is InChI=1S/C30H34O3/c1-6-33-28(32)22-9-7-21(8-10-22)24-15-20(19-31)16-25(17-24)23-11-12-26-27(18-23)30(4,5)14-13-29(26,2)3/h7-12,15-18,31H,6,13-14,19H2,1-5H3. The highest BCUT2D eigenvalue weighted by molar-refractivity contribution is 5.90. The molecule has 0 saturated carbocycles. The zero-order valence-electron chi connectivity index (χ0n) is 20.4. The molecule has 0 heterocycles. The molecule has 1 aliphatic carbocycles. The first-order valence-electron chi connectivity index (χ1n) is 11.8. The summed E-state index contributed by atoms with van der Waals surface area (Å²) in [6.07, 6.45) is 2.36. The summed E-state index contributed by atoms with van der Waals surface area (Å²) in [4.78, 5) is 12.0. The fourth-order valence-electron chi connectivity index (χ4n) is 4.90. The van der Waals surface area contributed by atoms with Crippen molar-refractivity contribution < 1.29 is 14.6 Å². The highest BCUT2D eigenvalue weighted by Gasteiger charge is 2.37. The molecule has 0 spiro atoms. The van der Waals surface area contributed by atoms with Crippen LogP contribution in [0.5, 0.6) is 0 Å². The molecule has 0 unspecified atom stereocenters. The zero-order valence-corrected chi connectivity index (χ0v) is 20.4. The minimum Gasteiger partial charge on any atom is -0.462 e. The van der Waals surface area contributed by atoms with E-state index in [0.29, 0.717) is 12.2 Å². The number of aliphatic hydroxyl groups excluding tert-OH is 1. The molecule has 0 radical (unpaired) electrons. The molecule has 3 heteroatoms. The molecule has 0 aromatic heterocycles. The van der Waals surface area contributed by atoms with E-state index in [0.717, 1.165) is 22.3 Å². The van der Waals surface area contributed by atoms with E-state index in [4.69, 9.17) is 4.74 Å². The molecule has 1 N–H and O–H groups in total. The van der Waals surface area contributed by atoms with E-state index >= 15 is 0 Å². The molecule has 172 valence electrons. The predicted octanol–water partition coefficient (Wildman–Crippen LogP) is 7.04. The summed E-state index contributed by atoms with van der Waals surface area (Å²) in [7, 11) is 0. The smallest absolute Gasteiger partial charge is 0.338 e. The van der Waals surface area contributed by atoms with Crippen LogP contribution in [0, 0.1) is 0 Å². The Bertz CT molecular complexity index is 1170. The van der Waals surface area contributed by atoms with Crippen LogP contribution in [0.2, 0.25) is 0 Å². The Kier molecular flexibility index (Phi) is 6.20. The van der Waals surface area contributed by atoms with Gasteiger partial charge in [-0.1, -0.05) is 58.0 Å². The number of carbonyl (C=O) groups excluding carboxylic acids is 1. The second kappa shape index (κ2) is 8.79. The number of benzene rings is 3. The molecule has 0 bridgehead atoms. The quantitative estimate of drug-likeness (QED) is 0.431. The summed E-state index contributed by atoms with van der Waals surface area (Å²) in [5.41, 5.74) is 8.87. The molecule has 0 atom stereocenters. The summed E-state index contributed by atoms with van der Waals surface area (Å²) in [6, 6.07) is 20.6. The van der Waals surface area contributed by atoms with Crippen LogP contribution in [0.3, 0.4) is 0 Å². The molecule has 33 heavy (non-hydrogen) atoms. The van der Waals surface area contributed by atoms with Gasteiger partial charge in [0.1, 0.15) is 0 Å². The van der Waals surface area contributed by atoms with Crippen molar-refractivity contribution in [1.29, 1.82) is 0 Å². The first-order valence-corrected chi connectivity index (χ1v) is 11.8. The molecule has 1 aliphatic rings. The van der Waals surface area contributed by atoms with Gasteiger partial charge in [0.05, 0.1) is 18.8 Å². The predicted molar refractivity (Wildman–Crippen MR) is 134 cm³/mol. The van der Waals surface area contributed by atoms with Gasteiger partial charge >= 0.3 is 5.97 Å². The van der Waals surface area contributed by atoms with Crippen molar-refractivity contribution in [2.75, 3.05) is 6.61 Å². The highest BCUT2D eigenvalue weighted by atomic mass is 16.5. The van der Waals surface area contributed by atoms with Crippen LogP contribution in [0.4, 0.5) is 0 Å². The van der Waals surface area contributed by atoms with Crippen molar-refractivity contribution in [3.05, 3.63) is 82.9 Å². The zero-order chi connectivity index (χ0) is 23.8. The van der Waals surface area contributed by atoms with Gasteiger partial charge in [0.25, 0.3) is 0 Å². The fourth-order valence-corrected chi connectivity index (χ4v) is 4.90. The van der Waals surface area contributed by atoms with E-state index in [9.17, 15) is 9.90 Å². The first-order chi connectivity index (χ1) is 15.6. The van der Waals surface area contributed by atoms with Crippen LogP contribution in [0.15, 0.2) is 60.7 Å². The molecule has 4 rings (SSSR count). The highest BCUT2D eigenvalue weighted by Crippen LogP contribution is 2.47. The van der Waals surface area contributed by atoms with E-state index in [1.807, 2.05) is 18.2 Å². The molecule has 0 fully saturated rings. The molecule has 3 aromatic carbocycles. The van der Waals surface area contributed by atoms with Gasteiger partial charge in [-0.15, -0.1) is 0 Å². The van der Waals surface area contributed by atoms with Gasteiger partial charge < -0.3 is 9.84 Å². The van der Waals surface area contributed by atoms with Gasteiger partial charge in [-0.3, -0.25) is 0 Å². The van der Waals surface area contributed by atoms with E-state index in [2.05, 4.69) is 58.0 Å². The number of fused-ring (bicyclic) bond motifs is 1. The topological polar surface area (TPSA) is 46.5 Å². The molecular formula is C30H34O3. The van der Waals surface area contributed by atoms with Gasteiger partial charge in [-0.05, 0) is 99.9 Å². The van der Waals surface area contributed by atoms with Crippen LogP contribution in [0.1, 0.15) is 74.5 Å². The monoisotopic (exact) mass is 442 g/mol. The summed E-state index contributed by atoms with van der Waals surface area (Å²) < 4.78 is 5.09. The lowest BCUT2D eigenvalue weighted by atomic mass is 9.63. The Hall–Kier alpha value is -2.91. The van der Waals surface area contributed by atoms with E-state index in [1.165, 1.54) is 29.5 Å². The SMILES string of the molecule is CCOC(=O)c1ccc(-c2cc(CO)cc(-c3ccc4c(c3)C(C)(C)CCC4(C)C)c2)cc1. The fraction of sp³-hybridized carbons (Fsp3) is 0.367. The summed E-state index contributed by atoms with van der Waals surface area (Å²) >= 11 is 0. The molecule has 0 amide bonds. The summed E-state index contributed by atoms with van der Waals surface area (Å²) in [5.74, 6) is -0.312. The van der Waals surface area contributed by atoms with Gasteiger partial charge in [0.15, 0.2) is 0 Å². The van der Waals surface area contributed by atoms with E-state index in [-0.39, 0.29) is 23.4 Å². The second-order valence-electron chi connectivity index (χ2n) is 10.4. The molecule has 3 aromatic rings. The van der Waals surface area contributed by atoms with Crippen LogP contribution in [-0.2, 0) is 22.2 Å². The third kappa shape index (κ3) is 4.60. The minimum absolute atomic E-state index is 0.0226. The summed E-state index contributed by atoms with van der Waals surface area (Å²) in [5, 5.41) is 9.94. The largest absolute Gasteiger partial charge is 0.462 e. The van der Waals surface area contributed by atoms with Crippen LogP contribution < -0.4 is 0 Å². The molecule has 3 nitrogen and oxygen atoms in total. The lowest BCUT2D eigenvalue weighted by Gasteiger charge is -2.42. The van der Waals surface area contributed by atoms with Crippen molar-refractivity contribution in [2.45, 2.75) is 64.9 Å². The number of hydrogen-bond acceptors (Lipinski definition) is 3. The van der Waals surface area contributed by atoms with Gasteiger partial charge in [-0.25, -0.2) is 4.79 Å².